The van der Waals surface area contributed by atoms with Crippen LogP contribution >= 0.6 is 0 Å². The van der Waals surface area contributed by atoms with Gasteiger partial charge in [-0.3, -0.25) is 0 Å². The molecule has 2 bridgehead atoms. The third-order valence-electron chi connectivity index (χ3n) is 6.76. The van der Waals surface area contributed by atoms with Crippen LogP contribution in [0.25, 0.3) is 33.1 Å². The zero-order chi connectivity index (χ0) is 24.0. The summed E-state index contributed by atoms with van der Waals surface area (Å²) in [6.45, 7) is 0. The maximum absolute atomic E-state index is 12.1. The van der Waals surface area contributed by atoms with E-state index in [1.165, 1.54) is 18.2 Å². The van der Waals surface area contributed by atoms with Crippen molar-refractivity contribution in [1.82, 2.24) is 19.9 Å². The number of rotatable bonds is 1. The molecule has 1 aliphatic heterocycles. The number of nitrogens with zero attached hydrogens (tertiary/aromatic N) is 4. The Morgan fingerprint density at radius 2 is 1.57 bits per heavy atom. The summed E-state index contributed by atoms with van der Waals surface area (Å²) in [6, 6.07) is 11.0. The monoisotopic (exact) mass is 468 g/mol. The summed E-state index contributed by atoms with van der Waals surface area (Å²) in [5.41, 5.74) is 3.18. The fourth-order valence-corrected chi connectivity index (χ4v) is 5.18. The number of ether oxygens (including phenoxy) is 1. The lowest BCUT2D eigenvalue weighted by Crippen LogP contribution is -2.41. The van der Waals surface area contributed by atoms with Gasteiger partial charge in [0.25, 0.3) is 0 Å². The molecule has 2 aromatic heterocycles. The van der Waals surface area contributed by atoms with Crippen molar-refractivity contribution in [2.75, 3.05) is 0 Å². The number of carbonyl (C=O) groups is 1. The van der Waals surface area contributed by atoms with Crippen LogP contribution in [-0.4, -0.2) is 52.4 Å². The van der Waals surface area contributed by atoms with Gasteiger partial charge in [-0.1, -0.05) is 12.1 Å². The Morgan fingerprint density at radius 3 is 2.29 bits per heavy atom. The minimum absolute atomic E-state index is 0.0354. The molecule has 3 unspecified atom stereocenters. The van der Waals surface area contributed by atoms with Gasteiger partial charge in [0.15, 0.2) is 6.10 Å². The molecule has 0 saturated carbocycles. The lowest BCUT2D eigenvalue weighted by molar-refractivity contribution is -0.0110. The average Bonchev–Trinajstić information content (AvgIpc) is 2.83. The maximum Gasteiger partial charge on any atom is 0.338 e. The molecule has 35 heavy (non-hydrogen) atoms. The number of benzene rings is 3. The zero-order valence-electron chi connectivity index (χ0n) is 17.9. The number of hydrogen-bond donors (Lipinski definition) is 4. The second kappa shape index (κ2) is 6.73. The molecule has 4 N–H and O–H groups in total. The van der Waals surface area contributed by atoms with Crippen molar-refractivity contribution in [3.05, 3.63) is 65.0 Å². The van der Waals surface area contributed by atoms with Crippen LogP contribution in [0.4, 0.5) is 0 Å². The SMILES string of the molecule is O=C(O)c1cc2c(c3nc4c(O)cccc4nc13)C1Cc3nc4cccc(O)c4nc3C(O2)C1O. The summed E-state index contributed by atoms with van der Waals surface area (Å²) in [4.78, 5) is 30.4. The van der Waals surface area contributed by atoms with Gasteiger partial charge in [0.2, 0.25) is 0 Å². The first kappa shape index (κ1) is 19.9. The highest BCUT2D eigenvalue weighted by atomic mass is 16.5. The van der Waals surface area contributed by atoms with Gasteiger partial charge < -0.3 is 25.2 Å². The molecule has 2 aliphatic rings. The summed E-state index contributed by atoms with van der Waals surface area (Å²) in [6.07, 6.45) is -1.63. The van der Waals surface area contributed by atoms with Crippen molar-refractivity contribution < 1.29 is 30.0 Å². The topological polar surface area (TPSA) is 159 Å². The number of hydrogen-bond acceptors (Lipinski definition) is 9. The number of phenols is 2. The molecule has 1 aliphatic carbocycles. The van der Waals surface area contributed by atoms with Crippen molar-refractivity contribution in [2.45, 2.75) is 24.5 Å². The van der Waals surface area contributed by atoms with E-state index in [0.717, 1.165) is 0 Å². The maximum atomic E-state index is 12.1. The van der Waals surface area contributed by atoms with E-state index in [-0.39, 0.29) is 39.4 Å². The van der Waals surface area contributed by atoms with E-state index in [1.54, 1.807) is 24.3 Å². The molecule has 0 fully saturated rings. The summed E-state index contributed by atoms with van der Waals surface area (Å²) >= 11 is 0. The summed E-state index contributed by atoms with van der Waals surface area (Å²) < 4.78 is 6.14. The Bertz CT molecular complexity index is 1750. The van der Waals surface area contributed by atoms with E-state index >= 15 is 0 Å². The Morgan fingerprint density at radius 1 is 0.886 bits per heavy atom. The normalized spacial score (nSPS) is 20.4. The van der Waals surface area contributed by atoms with Crippen LogP contribution in [0.3, 0.4) is 0 Å². The van der Waals surface area contributed by atoms with Crippen LogP contribution in [-0.2, 0) is 6.42 Å². The van der Waals surface area contributed by atoms with Crippen molar-refractivity contribution in [1.29, 1.82) is 0 Å². The van der Waals surface area contributed by atoms with E-state index in [2.05, 4.69) is 19.9 Å². The van der Waals surface area contributed by atoms with Crippen LogP contribution in [0, 0.1) is 0 Å². The third kappa shape index (κ3) is 2.65. The Labute approximate surface area is 196 Å². The number of para-hydroxylation sites is 2. The second-order valence-corrected chi connectivity index (χ2v) is 8.75. The molecule has 7 rings (SSSR count). The quantitative estimate of drug-likeness (QED) is 0.269. The number of aliphatic hydroxyl groups is 1. The number of aromatic carboxylic acids is 1. The van der Waals surface area contributed by atoms with Gasteiger partial charge in [-0.15, -0.1) is 0 Å². The number of aromatic hydroxyl groups is 2. The number of fused-ring (bicyclic) bond motifs is 10. The van der Waals surface area contributed by atoms with Crippen LogP contribution < -0.4 is 4.74 Å². The van der Waals surface area contributed by atoms with Crippen molar-refractivity contribution in [3.63, 3.8) is 0 Å². The first-order valence-electron chi connectivity index (χ1n) is 10.9. The van der Waals surface area contributed by atoms with Crippen LogP contribution in [0.2, 0.25) is 0 Å². The molecule has 3 atom stereocenters. The second-order valence-electron chi connectivity index (χ2n) is 8.75. The largest absolute Gasteiger partial charge is 0.506 e. The van der Waals surface area contributed by atoms with Gasteiger partial charge in [0, 0.05) is 17.9 Å². The Balaban J connectivity index is 1.52. The smallest absolute Gasteiger partial charge is 0.338 e. The van der Waals surface area contributed by atoms with Gasteiger partial charge in [0.1, 0.15) is 45.6 Å². The highest BCUT2D eigenvalue weighted by molar-refractivity contribution is 6.05. The number of carboxylic acids is 1. The highest BCUT2D eigenvalue weighted by Crippen LogP contribution is 2.50. The molecule has 3 heterocycles. The van der Waals surface area contributed by atoms with E-state index in [4.69, 9.17) is 4.74 Å². The molecule has 0 amide bonds. The molecular formula is C25H16N4O6. The van der Waals surface area contributed by atoms with Gasteiger partial charge in [-0.05, 0) is 30.3 Å². The molecule has 10 nitrogen and oxygen atoms in total. The standard InChI is InChI=1S/C25H16N4O6/c30-14-5-1-3-11-19(14)28-21-13(26-11)7-9-17-16(35-24(21)23(9)32)8-10(25(33)34)18-22(17)29-20-12(27-18)4-2-6-15(20)31/h1-6,8-9,23-24,30-32H,7H2,(H,33,34). The van der Waals surface area contributed by atoms with Crippen LogP contribution in [0.5, 0.6) is 17.2 Å². The van der Waals surface area contributed by atoms with E-state index in [9.17, 15) is 25.2 Å². The summed E-state index contributed by atoms with van der Waals surface area (Å²) in [5.74, 6) is -1.60. The summed E-state index contributed by atoms with van der Waals surface area (Å²) in [7, 11) is 0. The highest BCUT2D eigenvalue weighted by Gasteiger charge is 2.46. The van der Waals surface area contributed by atoms with E-state index in [0.29, 0.717) is 39.9 Å². The van der Waals surface area contributed by atoms with Crippen molar-refractivity contribution in [2.24, 2.45) is 0 Å². The van der Waals surface area contributed by atoms with Crippen molar-refractivity contribution in [3.8, 4) is 17.2 Å². The summed E-state index contributed by atoms with van der Waals surface area (Å²) in [5, 5.41) is 41.8. The third-order valence-corrected chi connectivity index (χ3v) is 6.76. The lowest BCUT2D eigenvalue weighted by atomic mass is 9.77. The predicted octanol–water partition coefficient (Wildman–Crippen LogP) is 2.97. The fourth-order valence-electron chi connectivity index (χ4n) is 5.18. The Kier molecular flexibility index (Phi) is 3.82. The molecule has 0 saturated heterocycles. The first-order chi connectivity index (χ1) is 16.9. The van der Waals surface area contributed by atoms with Gasteiger partial charge in [-0.2, -0.15) is 0 Å². The lowest BCUT2D eigenvalue weighted by Gasteiger charge is -2.41. The van der Waals surface area contributed by atoms with Crippen LogP contribution in [0.1, 0.15) is 39.3 Å². The molecule has 0 spiro atoms. The fraction of sp³-hybridized carbons (Fsp3) is 0.160. The zero-order valence-corrected chi connectivity index (χ0v) is 17.9. The number of aromatic nitrogens is 4. The molecule has 172 valence electrons. The molecular weight excluding hydrogens is 452 g/mol. The first-order valence-corrected chi connectivity index (χ1v) is 10.9. The minimum atomic E-state index is -1.21. The average molecular weight is 468 g/mol. The number of carboxylic acid groups (broad SMARTS) is 1. The van der Waals surface area contributed by atoms with E-state index < -0.39 is 24.1 Å². The van der Waals surface area contributed by atoms with Crippen LogP contribution in [0.15, 0.2) is 42.5 Å². The molecule has 0 radical (unpaired) electrons. The predicted molar refractivity (Wildman–Crippen MR) is 123 cm³/mol. The number of phenolic OH excluding ortho intramolecular Hbond substituents is 2. The van der Waals surface area contributed by atoms with Crippen molar-refractivity contribution >= 4 is 39.1 Å². The molecule has 3 aromatic carbocycles. The van der Waals surface area contributed by atoms with Gasteiger partial charge in [-0.25, -0.2) is 24.7 Å². The molecule has 10 heteroatoms. The minimum Gasteiger partial charge on any atom is -0.506 e. The molecule has 5 aromatic rings. The Hall–Kier alpha value is -4.57. The van der Waals surface area contributed by atoms with Gasteiger partial charge >= 0.3 is 5.97 Å². The van der Waals surface area contributed by atoms with Gasteiger partial charge in [0.05, 0.1) is 27.8 Å². The number of aliphatic hydroxyl groups excluding tert-OH is 1. The van der Waals surface area contributed by atoms with E-state index in [1.807, 2.05) is 0 Å².